The van der Waals surface area contributed by atoms with Gasteiger partial charge in [0.2, 0.25) is 11.8 Å². The van der Waals surface area contributed by atoms with Crippen molar-refractivity contribution in [2.45, 2.75) is 19.4 Å². The molecule has 0 radical (unpaired) electrons. The second-order valence-electron chi connectivity index (χ2n) is 7.41. The van der Waals surface area contributed by atoms with Gasteiger partial charge < -0.3 is 15.5 Å². The second-order valence-corrected chi connectivity index (χ2v) is 7.41. The Hall–Kier alpha value is -4.26. The van der Waals surface area contributed by atoms with Gasteiger partial charge in [-0.3, -0.25) is 19.4 Å². The van der Waals surface area contributed by atoms with Crippen LogP contribution in [-0.4, -0.2) is 27.6 Å². The monoisotopic (exact) mass is 426 g/mol. The third kappa shape index (κ3) is 4.73. The van der Waals surface area contributed by atoms with Gasteiger partial charge in [-0.2, -0.15) is 0 Å². The highest BCUT2D eigenvalue weighted by atomic mass is 16.2. The van der Waals surface area contributed by atoms with Gasteiger partial charge in [-0.1, -0.05) is 24.3 Å². The Morgan fingerprint density at radius 3 is 2.44 bits per heavy atom. The van der Waals surface area contributed by atoms with Crippen LogP contribution in [0.5, 0.6) is 0 Å². The quantitative estimate of drug-likeness (QED) is 0.639. The molecule has 1 aliphatic heterocycles. The molecule has 1 aliphatic rings. The van der Waals surface area contributed by atoms with E-state index in [0.29, 0.717) is 16.9 Å². The number of nitrogens with zero attached hydrogens (tertiary/aromatic N) is 2. The van der Waals surface area contributed by atoms with Crippen molar-refractivity contribution in [2.75, 3.05) is 10.6 Å². The minimum absolute atomic E-state index is 0.115. The summed E-state index contributed by atoms with van der Waals surface area (Å²) in [5.74, 6) is -0.616. The predicted octanol–water partition coefficient (Wildman–Crippen LogP) is 4.24. The lowest BCUT2D eigenvalue weighted by molar-refractivity contribution is -0.129. The average molecular weight is 426 g/mol. The Labute approximate surface area is 185 Å². The number of anilines is 2. The van der Waals surface area contributed by atoms with Crippen molar-refractivity contribution in [2.24, 2.45) is 0 Å². The van der Waals surface area contributed by atoms with E-state index < -0.39 is 0 Å². The largest absolute Gasteiger partial charge is 0.326 e. The molecular weight excluding hydrogens is 404 g/mol. The summed E-state index contributed by atoms with van der Waals surface area (Å²) in [5, 5.41) is 5.62. The van der Waals surface area contributed by atoms with E-state index in [2.05, 4.69) is 15.6 Å². The maximum Gasteiger partial charge on any atom is 0.255 e. The highest BCUT2D eigenvalue weighted by Gasteiger charge is 2.28. The van der Waals surface area contributed by atoms with Crippen LogP contribution < -0.4 is 10.6 Å². The van der Waals surface area contributed by atoms with E-state index in [1.807, 2.05) is 30.3 Å². The molecule has 2 N–H and O–H groups in total. The van der Waals surface area contributed by atoms with Crippen LogP contribution in [0.4, 0.5) is 11.4 Å². The number of hydrogen-bond acceptors (Lipinski definition) is 4. The summed E-state index contributed by atoms with van der Waals surface area (Å²) in [7, 11) is 0. The van der Waals surface area contributed by atoms with E-state index in [9.17, 15) is 14.4 Å². The first-order chi connectivity index (χ1) is 15.5. The van der Waals surface area contributed by atoms with Crippen LogP contribution in [0, 0.1) is 0 Å². The molecule has 2 heterocycles. The van der Waals surface area contributed by atoms with Gasteiger partial charge in [0.15, 0.2) is 0 Å². The predicted molar refractivity (Wildman–Crippen MR) is 123 cm³/mol. The summed E-state index contributed by atoms with van der Waals surface area (Å²) < 4.78 is 0. The topological polar surface area (TPSA) is 91.4 Å². The summed E-state index contributed by atoms with van der Waals surface area (Å²) in [4.78, 5) is 42.8. The number of pyridine rings is 1. The fourth-order valence-electron chi connectivity index (χ4n) is 3.65. The molecule has 7 nitrogen and oxygen atoms in total. The molecule has 0 fully saturated rings. The van der Waals surface area contributed by atoms with Crippen LogP contribution in [0.3, 0.4) is 0 Å². The molecular formula is C25H22N4O3. The Morgan fingerprint density at radius 2 is 1.72 bits per heavy atom. The zero-order valence-corrected chi connectivity index (χ0v) is 17.5. The highest BCUT2D eigenvalue weighted by molar-refractivity contribution is 6.04. The first kappa shape index (κ1) is 21.0. The van der Waals surface area contributed by atoms with Gasteiger partial charge in [-0.25, -0.2) is 0 Å². The molecule has 0 aliphatic carbocycles. The molecule has 2 aromatic carbocycles. The van der Waals surface area contributed by atoms with Crippen LogP contribution in [-0.2, 0) is 9.59 Å². The number of carbonyl (C=O) groups is 3. The summed E-state index contributed by atoms with van der Waals surface area (Å²) in [5.41, 5.74) is 3.56. The zero-order chi connectivity index (χ0) is 22.5. The van der Waals surface area contributed by atoms with Gasteiger partial charge in [-0.05, 0) is 53.6 Å². The maximum absolute atomic E-state index is 12.8. The summed E-state index contributed by atoms with van der Waals surface area (Å²) >= 11 is 0. The van der Waals surface area contributed by atoms with Gasteiger partial charge in [0.1, 0.15) is 0 Å². The molecule has 1 unspecified atom stereocenters. The Kier molecular flexibility index (Phi) is 6.07. The van der Waals surface area contributed by atoms with Gasteiger partial charge >= 0.3 is 0 Å². The smallest absolute Gasteiger partial charge is 0.255 e. The van der Waals surface area contributed by atoms with Crippen LogP contribution in [0.2, 0.25) is 0 Å². The lowest BCUT2D eigenvalue weighted by Crippen LogP contribution is -2.33. The van der Waals surface area contributed by atoms with Crippen LogP contribution in [0.25, 0.3) is 6.08 Å². The number of carbonyl (C=O) groups excluding carboxylic acids is 3. The number of hydrogen-bond donors (Lipinski definition) is 2. The van der Waals surface area contributed by atoms with Crippen LogP contribution in [0.15, 0.2) is 79.3 Å². The number of rotatable bonds is 5. The minimum Gasteiger partial charge on any atom is -0.326 e. The molecule has 32 heavy (non-hydrogen) atoms. The molecule has 0 saturated carbocycles. The molecule has 0 saturated heterocycles. The van der Waals surface area contributed by atoms with Crippen LogP contribution in [0.1, 0.15) is 40.9 Å². The molecule has 1 aromatic heterocycles. The van der Waals surface area contributed by atoms with Gasteiger partial charge in [0, 0.05) is 30.6 Å². The third-order valence-corrected chi connectivity index (χ3v) is 5.20. The van der Waals surface area contributed by atoms with Crippen LogP contribution >= 0.6 is 0 Å². The van der Waals surface area contributed by atoms with E-state index in [1.54, 1.807) is 59.9 Å². The van der Waals surface area contributed by atoms with E-state index in [0.717, 1.165) is 11.1 Å². The standard InChI is InChI=1S/C25H22N4O3/c1-17(30)29-14-12-18-5-2-3-7-22(18)23(29)15-24(31)27-20-10-8-19(9-11-20)25(32)28-21-6-4-13-26-16-21/h2-14,16,23H,15H2,1H3,(H,27,31)(H,28,32). The zero-order valence-electron chi connectivity index (χ0n) is 17.5. The Balaban J connectivity index is 1.42. The molecule has 160 valence electrons. The number of amides is 3. The molecule has 1 atom stereocenters. The van der Waals surface area contributed by atoms with Gasteiger partial charge in [0.05, 0.1) is 24.3 Å². The number of fused-ring (bicyclic) bond motifs is 1. The second kappa shape index (κ2) is 9.26. The molecule has 3 aromatic rings. The van der Waals surface area contributed by atoms with E-state index in [4.69, 9.17) is 0 Å². The van der Waals surface area contributed by atoms with E-state index in [1.165, 1.54) is 6.92 Å². The van der Waals surface area contributed by atoms with Crippen molar-refractivity contribution in [3.63, 3.8) is 0 Å². The van der Waals surface area contributed by atoms with Crippen molar-refractivity contribution in [3.05, 3.63) is 95.9 Å². The third-order valence-electron chi connectivity index (χ3n) is 5.20. The molecule has 7 heteroatoms. The summed E-state index contributed by atoms with van der Waals surface area (Å²) in [6, 6.07) is 17.5. The SMILES string of the molecule is CC(=O)N1C=Cc2ccccc2C1CC(=O)Nc1ccc(C(=O)Nc2cccnc2)cc1. The lowest BCUT2D eigenvalue weighted by Gasteiger charge is -2.32. The normalized spacial score (nSPS) is 14.4. The average Bonchev–Trinajstić information content (AvgIpc) is 2.80. The first-order valence-electron chi connectivity index (χ1n) is 10.2. The lowest BCUT2D eigenvalue weighted by atomic mass is 9.93. The van der Waals surface area contributed by atoms with Crippen molar-refractivity contribution < 1.29 is 14.4 Å². The summed E-state index contributed by atoms with van der Waals surface area (Å²) in [6.07, 6.45) is 6.91. The molecule has 0 spiro atoms. The van der Waals surface area contributed by atoms with Crippen molar-refractivity contribution in [1.29, 1.82) is 0 Å². The van der Waals surface area contributed by atoms with Crippen molar-refractivity contribution >= 4 is 35.2 Å². The fourth-order valence-corrected chi connectivity index (χ4v) is 3.65. The molecule has 4 rings (SSSR count). The summed E-state index contributed by atoms with van der Waals surface area (Å²) in [6.45, 7) is 1.48. The van der Waals surface area contributed by atoms with E-state index in [-0.39, 0.29) is 30.2 Å². The number of nitrogens with one attached hydrogen (secondary N) is 2. The first-order valence-corrected chi connectivity index (χ1v) is 10.2. The maximum atomic E-state index is 12.8. The Morgan fingerprint density at radius 1 is 0.938 bits per heavy atom. The van der Waals surface area contributed by atoms with E-state index >= 15 is 0 Å². The number of benzene rings is 2. The fraction of sp³-hybridized carbons (Fsp3) is 0.120. The van der Waals surface area contributed by atoms with Crippen molar-refractivity contribution in [3.8, 4) is 0 Å². The van der Waals surface area contributed by atoms with Gasteiger partial charge in [-0.15, -0.1) is 0 Å². The van der Waals surface area contributed by atoms with Gasteiger partial charge in [0.25, 0.3) is 5.91 Å². The number of aromatic nitrogens is 1. The minimum atomic E-state index is -0.377. The molecule has 0 bridgehead atoms. The Bertz CT molecular complexity index is 1170. The highest BCUT2D eigenvalue weighted by Crippen LogP contribution is 2.33. The molecule has 3 amide bonds. The van der Waals surface area contributed by atoms with Crippen molar-refractivity contribution in [1.82, 2.24) is 9.88 Å².